The molecule has 0 saturated heterocycles. The van der Waals surface area contributed by atoms with Gasteiger partial charge in [0.2, 0.25) is 0 Å². The van der Waals surface area contributed by atoms with Crippen molar-refractivity contribution in [1.82, 2.24) is 0 Å². The van der Waals surface area contributed by atoms with E-state index >= 15 is 0 Å². The molecule has 0 bridgehead atoms. The average Bonchev–Trinajstić information content (AvgIpc) is 3.13. The van der Waals surface area contributed by atoms with E-state index in [1.54, 1.807) is 12.2 Å². The summed E-state index contributed by atoms with van der Waals surface area (Å²) >= 11 is 0. The zero-order valence-corrected chi connectivity index (χ0v) is 36.3. The molecule has 314 valence electrons. The highest BCUT2D eigenvalue weighted by Gasteiger charge is 2.34. The second-order valence-corrected chi connectivity index (χ2v) is 16.6. The zero-order chi connectivity index (χ0) is 40.6. The van der Waals surface area contributed by atoms with Gasteiger partial charge in [0, 0.05) is 0 Å². The van der Waals surface area contributed by atoms with Crippen LogP contribution in [0.5, 0.6) is 0 Å². The fourth-order valence-electron chi connectivity index (χ4n) is 5.35. The molecule has 0 aromatic heterocycles. The third-order valence-electron chi connectivity index (χ3n) is 8.51. The zero-order valence-electron chi connectivity index (χ0n) is 35.4. The smallest absolute Gasteiger partial charge is 0.394 e. The molecule has 0 saturated carbocycles. The van der Waals surface area contributed by atoms with Crippen LogP contribution in [-0.2, 0) is 18.4 Å². The van der Waals surface area contributed by atoms with Gasteiger partial charge in [0.1, 0.15) is 12.6 Å². The summed E-state index contributed by atoms with van der Waals surface area (Å²) in [5.41, 5.74) is 0. The van der Waals surface area contributed by atoms with E-state index in [0.717, 1.165) is 6.42 Å². The first-order valence-electron chi connectivity index (χ1n) is 21.2. The minimum Gasteiger partial charge on any atom is -0.394 e. The molecule has 3 atom stereocenters. The van der Waals surface area contributed by atoms with Gasteiger partial charge in [-0.1, -0.05) is 210 Å². The number of phosphoric ester groups is 1. The fourth-order valence-corrected chi connectivity index (χ4v) is 6.27. The molecule has 0 fully saturated rings. The first kappa shape index (κ1) is 54.2. The van der Waals surface area contributed by atoms with Crippen molar-refractivity contribution in [3.05, 3.63) is 72.9 Å². The summed E-state index contributed by atoms with van der Waals surface area (Å²) in [6.07, 6.45) is 48.7. The molecule has 0 rings (SSSR count). The minimum absolute atomic E-state index is 0.121. The molecule has 0 aromatic carbocycles. The Kier molecular flexibility index (Phi) is 39.5. The molecule has 3 N–H and O–H groups in total. The summed E-state index contributed by atoms with van der Waals surface area (Å²) in [5.74, 6) is -0.498. The maximum Gasteiger partial charge on any atom is 0.473 e. The summed E-state index contributed by atoms with van der Waals surface area (Å²) in [4.78, 5) is 22.5. The van der Waals surface area contributed by atoms with Crippen molar-refractivity contribution in [2.45, 2.75) is 168 Å². The maximum absolute atomic E-state index is 12.6. The summed E-state index contributed by atoms with van der Waals surface area (Å²) in [5, 5.41) is 18.1. The lowest BCUT2D eigenvalue weighted by atomic mass is 10.1. The number of quaternary nitrogens is 1. The van der Waals surface area contributed by atoms with Crippen LogP contribution in [0.2, 0.25) is 0 Å². The number of aliphatic hydroxyl groups excluding tert-OH is 2. The van der Waals surface area contributed by atoms with Gasteiger partial charge in [-0.25, -0.2) is 4.57 Å². The molecular weight excluding hydrogens is 697 g/mol. The van der Waals surface area contributed by atoms with Gasteiger partial charge >= 0.3 is 7.82 Å². The Hall–Kier alpha value is -1.90. The van der Waals surface area contributed by atoms with Crippen LogP contribution in [0.1, 0.15) is 156 Å². The van der Waals surface area contributed by atoms with Crippen molar-refractivity contribution in [2.24, 2.45) is 0 Å². The molecule has 8 nitrogen and oxygen atoms in total. The second-order valence-electron chi connectivity index (χ2n) is 15.2. The van der Waals surface area contributed by atoms with Gasteiger partial charge in [0.15, 0.2) is 11.9 Å². The molecule has 0 amide bonds. The van der Waals surface area contributed by atoms with Gasteiger partial charge in [-0.2, -0.15) is 0 Å². The van der Waals surface area contributed by atoms with Crippen LogP contribution in [0.4, 0.5) is 0 Å². The highest BCUT2D eigenvalue weighted by Crippen LogP contribution is 2.45. The summed E-state index contributed by atoms with van der Waals surface area (Å²) in [6, 6.07) is 0. The number of hydrogen-bond acceptors (Lipinski definition) is 6. The van der Waals surface area contributed by atoms with E-state index in [4.69, 9.17) is 9.63 Å². The van der Waals surface area contributed by atoms with E-state index in [9.17, 15) is 19.4 Å². The molecule has 0 heterocycles. The summed E-state index contributed by atoms with van der Waals surface area (Å²) in [6.45, 7) is 5.71. The lowest BCUT2D eigenvalue weighted by Gasteiger charge is -2.28. The number of aliphatic hydroxyl groups is 2. The topological polar surface area (TPSA) is 113 Å². The lowest BCUT2D eigenvalue weighted by molar-refractivity contribution is -0.872. The normalized spacial score (nSPS) is 14.9. The van der Waals surface area contributed by atoms with Crippen molar-refractivity contribution < 1.29 is 38.0 Å². The van der Waals surface area contributed by atoms with Crippen LogP contribution in [0.3, 0.4) is 0 Å². The van der Waals surface area contributed by atoms with Gasteiger partial charge in [-0.3, -0.25) is 13.8 Å². The minimum atomic E-state index is -4.62. The van der Waals surface area contributed by atoms with Crippen LogP contribution in [0.25, 0.3) is 0 Å². The van der Waals surface area contributed by atoms with Crippen molar-refractivity contribution in [1.29, 1.82) is 0 Å². The van der Waals surface area contributed by atoms with E-state index in [1.807, 2.05) is 57.6 Å². The molecule has 0 aromatic rings. The number of allylic oxidation sites excluding steroid dienone is 11. The maximum atomic E-state index is 12.6. The van der Waals surface area contributed by atoms with E-state index < -0.39 is 39.0 Å². The molecule has 3 unspecified atom stereocenters. The lowest BCUT2D eigenvalue weighted by Crippen LogP contribution is -2.45. The van der Waals surface area contributed by atoms with E-state index in [0.29, 0.717) is 4.48 Å². The predicted octanol–water partition coefficient (Wildman–Crippen LogP) is 11.7. The number of carbonyl (C=O) groups excluding carboxylic acids is 1. The van der Waals surface area contributed by atoms with Gasteiger partial charge in [0.05, 0.1) is 34.4 Å². The average molecular weight is 781 g/mol. The number of likely N-dealkylation sites (N-methyl/N-ethyl adjacent to an activating group) is 1. The first-order valence-corrected chi connectivity index (χ1v) is 22.7. The van der Waals surface area contributed by atoms with Crippen LogP contribution >= 0.6 is 7.82 Å². The Bertz CT molecular complexity index is 1060. The number of ketones is 1. The van der Waals surface area contributed by atoms with Crippen molar-refractivity contribution in [2.75, 3.05) is 40.9 Å². The number of hydrogen-bond donors (Lipinski definition) is 3. The number of phosphoric acid groups is 1. The Morgan fingerprint density at radius 1 is 0.611 bits per heavy atom. The Balaban J connectivity index is 0. The standard InChI is InChI=1S/C30H50NO7P.C15H32/c1-5-6-7-8-9-10-11-12-13-14-15-16-17-18-19-20-21-22-23-24-29(34)30(25-31(2,3)4)38-39(35,36)37-27-28(33)26-32;1-3-5-7-9-11-13-15-14-12-10-8-6-4-2/h13-24,28,30,32-33H,5-12,25-27H2,1-4H3;3-15H2,1-2H3/p+1. The molecule has 0 aliphatic carbocycles. The third-order valence-corrected chi connectivity index (χ3v) is 9.51. The van der Waals surface area contributed by atoms with Crippen molar-refractivity contribution in [3.63, 3.8) is 0 Å². The molecule has 0 aliphatic heterocycles. The molecule has 0 spiro atoms. The van der Waals surface area contributed by atoms with Crippen LogP contribution in [0, 0.1) is 0 Å². The van der Waals surface area contributed by atoms with Gasteiger partial charge in [-0.15, -0.1) is 0 Å². The van der Waals surface area contributed by atoms with Crippen LogP contribution < -0.4 is 0 Å². The number of unbranched alkanes of at least 4 members (excludes halogenated alkanes) is 19. The highest BCUT2D eigenvalue weighted by atomic mass is 31.2. The highest BCUT2D eigenvalue weighted by molar-refractivity contribution is 7.47. The van der Waals surface area contributed by atoms with Crippen molar-refractivity contribution in [3.8, 4) is 0 Å². The number of carbonyl (C=O) groups is 1. The molecule has 0 radical (unpaired) electrons. The molecular formula is C45H83NO7P+. The summed E-state index contributed by atoms with van der Waals surface area (Å²) in [7, 11) is 0.820. The Morgan fingerprint density at radius 3 is 1.37 bits per heavy atom. The second kappa shape index (κ2) is 39.3. The third kappa shape index (κ3) is 42.8. The van der Waals surface area contributed by atoms with E-state index in [-0.39, 0.29) is 6.54 Å². The monoisotopic (exact) mass is 781 g/mol. The van der Waals surface area contributed by atoms with Crippen LogP contribution in [0.15, 0.2) is 72.9 Å². The SMILES string of the molecule is CCCCCCCCCC=CC=CC=CC=CC=CC=CC(=O)C(C[N+](C)(C)C)OP(=O)(O)OCC(O)CO.CCCCCCCCCCCCCCC. The van der Waals surface area contributed by atoms with Crippen LogP contribution in [-0.4, -0.2) is 78.5 Å². The van der Waals surface area contributed by atoms with Gasteiger partial charge in [0.25, 0.3) is 0 Å². The molecule has 0 aliphatic rings. The quantitative estimate of drug-likeness (QED) is 0.0193. The van der Waals surface area contributed by atoms with E-state index in [2.05, 4.69) is 37.4 Å². The van der Waals surface area contributed by atoms with E-state index in [1.165, 1.54) is 141 Å². The number of nitrogens with zero attached hydrogens (tertiary/aromatic N) is 1. The van der Waals surface area contributed by atoms with Gasteiger partial charge < -0.3 is 19.6 Å². The van der Waals surface area contributed by atoms with Crippen molar-refractivity contribution >= 4 is 13.6 Å². The number of rotatable bonds is 35. The molecule has 9 heteroatoms. The largest absolute Gasteiger partial charge is 0.473 e. The fraction of sp³-hybridized carbons (Fsp3) is 0.711. The Labute approximate surface area is 332 Å². The Morgan fingerprint density at radius 2 is 0.981 bits per heavy atom. The summed E-state index contributed by atoms with van der Waals surface area (Å²) < 4.78 is 22.2. The van der Waals surface area contributed by atoms with Gasteiger partial charge in [-0.05, 0) is 18.9 Å². The predicted molar refractivity (Wildman–Crippen MR) is 230 cm³/mol. The molecule has 54 heavy (non-hydrogen) atoms. The first-order chi connectivity index (χ1) is 25.9.